The maximum atomic E-state index is 12.9. The molecule has 7 nitrogen and oxygen atoms in total. The summed E-state index contributed by atoms with van der Waals surface area (Å²) in [6, 6.07) is 15.1. The van der Waals surface area contributed by atoms with Crippen LogP contribution in [0.1, 0.15) is 31.2 Å². The van der Waals surface area contributed by atoms with Crippen molar-refractivity contribution in [3.05, 3.63) is 71.0 Å². The van der Waals surface area contributed by atoms with Gasteiger partial charge < -0.3 is 19.9 Å². The minimum Gasteiger partial charge on any atom is -0.393 e. The second kappa shape index (κ2) is 10.2. The van der Waals surface area contributed by atoms with Crippen LogP contribution in [0.5, 0.6) is 0 Å². The fraction of sp³-hybridized carbons (Fsp3) is 0.333. The molecule has 182 valence electrons. The van der Waals surface area contributed by atoms with Crippen LogP contribution in [0, 0.1) is 0 Å². The number of aromatic nitrogens is 1. The maximum absolute atomic E-state index is 12.9. The average molecular weight is 493 g/mol. The molecule has 0 atom stereocenters. The van der Waals surface area contributed by atoms with Gasteiger partial charge in [0, 0.05) is 42.3 Å². The van der Waals surface area contributed by atoms with Crippen molar-refractivity contribution in [1.29, 1.82) is 0 Å². The second-order valence-corrected chi connectivity index (χ2v) is 9.58. The largest absolute Gasteiger partial charge is 0.393 e. The van der Waals surface area contributed by atoms with Crippen LogP contribution in [-0.4, -0.2) is 52.1 Å². The standard InChI is InChI=1S/C27H29ClN4O3/c28-21-8-2-3-9-22(21)29-25-24(26(34)30-27(25)35)20-17-32(23-10-4-1-7-19(20)23)14-6-5-13-31-15-11-18(33)12-16-31/h1-4,7-10,17-18,33H,5-6,11-16H2,(H2,29,30,34,35). The lowest BCUT2D eigenvalue weighted by atomic mass is 10.0. The van der Waals surface area contributed by atoms with Gasteiger partial charge in [0.25, 0.3) is 11.8 Å². The molecule has 2 aliphatic heterocycles. The number of carbonyl (C=O) groups excluding carboxylic acids is 2. The lowest BCUT2D eigenvalue weighted by molar-refractivity contribution is -0.123. The number of likely N-dealkylation sites (tertiary alicyclic amines) is 1. The number of amides is 2. The van der Waals surface area contributed by atoms with E-state index in [1.54, 1.807) is 12.1 Å². The first-order chi connectivity index (χ1) is 17.0. The zero-order valence-corrected chi connectivity index (χ0v) is 20.2. The summed E-state index contributed by atoms with van der Waals surface area (Å²) in [4.78, 5) is 28.0. The number of nitrogens with zero attached hydrogens (tertiary/aromatic N) is 2. The quantitative estimate of drug-likeness (QED) is 0.327. The number of imide groups is 1. The van der Waals surface area contributed by atoms with E-state index in [1.165, 1.54) is 0 Å². The van der Waals surface area contributed by atoms with Gasteiger partial charge in [0.2, 0.25) is 0 Å². The number of halogens is 1. The number of aliphatic hydroxyl groups excluding tert-OH is 1. The van der Waals surface area contributed by atoms with Gasteiger partial charge in [-0.05, 0) is 50.4 Å². The van der Waals surface area contributed by atoms with Crippen molar-refractivity contribution in [2.45, 2.75) is 38.3 Å². The smallest absolute Gasteiger partial charge is 0.275 e. The third-order valence-corrected chi connectivity index (χ3v) is 7.13. The SMILES string of the molecule is O=C1NC(=O)C(c2cn(CCCCN3CCC(O)CC3)c3ccccc23)=C1Nc1ccccc1Cl. The summed E-state index contributed by atoms with van der Waals surface area (Å²) >= 11 is 6.29. The minimum atomic E-state index is -0.464. The molecule has 2 amide bonds. The lowest BCUT2D eigenvalue weighted by Crippen LogP contribution is -2.36. The Morgan fingerprint density at radius 1 is 0.971 bits per heavy atom. The van der Waals surface area contributed by atoms with Crippen LogP contribution < -0.4 is 10.6 Å². The fourth-order valence-electron chi connectivity index (χ4n) is 4.92. The topological polar surface area (TPSA) is 86.6 Å². The molecule has 1 fully saturated rings. The van der Waals surface area contributed by atoms with Crippen molar-refractivity contribution in [1.82, 2.24) is 14.8 Å². The van der Waals surface area contributed by atoms with E-state index in [4.69, 9.17) is 11.6 Å². The molecule has 3 heterocycles. The first-order valence-corrected chi connectivity index (χ1v) is 12.5. The summed E-state index contributed by atoms with van der Waals surface area (Å²) in [7, 11) is 0. The molecule has 3 aromatic rings. The van der Waals surface area contributed by atoms with E-state index in [0.29, 0.717) is 16.3 Å². The number of aryl methyl sites for hydroxylation is 1. The van der Waals surface area contributed by atoms with Gasteiger partial charge in [-0.1, -0.05) is 41.9 Å². The number of hydrogen-bond donors (Lipinski definition) is 3. The number of carbonyl (C=O) groups is 2. The number of hydrogen-bond acceptors (Lipinski definition) is 5. The summed E-state index contributed by atoms with van der Waals surface area (Å²) in [5.74, 6) is -0.881. The maximum Gasteiger partial charge on any atom is 0.275 e. The molecule has 0 saturated carbocycles. The number of piperidine rings is 1. The number of unbranched alkanes of at least 4 members (excludes halogenated alkanes) is 1. The summed E-state index contributed by atoms with van der Waals surface area (Å²) < 4.78 is 2.17. The first kappa shape index (κ1) is 23.6. The molecule has 0 unspecified atom stereocenters. The number of rotatable bonds is 8. The van der Waals surface area contributed by atoms with Crippen molar-refractivity contribution in [2.24, 2.45) is 0 Å². The summed E-state index contributed by atoms with van der Waals surface area (Å²) in [6.45, 7) is 3.74. The van der Waals surface area contributed by atoms with E-state index in [1.807, 2.05) is 42.6 Å². The van der Waals surface area contributed by atoms with Crippen LogP contribution in [0.25, 0.3) is 16.5 Å². The molecule has 3 N–H and O–H groups in total. The molecule has 5 rings (SSSR count). The number of aliphatic hydroxyl groups is 1. The van der Waals surface area contributed by atoms with E-state index >= 15 is 0 Å². The number of nitrogens with one attached hydrogen (secondary N) is 2. The molecule has 1 aromatic heterocycles. The lowest BCUT2D eigenvalue weighted by Gasteiger charge is -2.29. The number of fused-ring (bicyclic) bond motifs is 1. The van der Waals surface area contributed by atoms with Crippen LogP contribution >= 0.6 is 11.6 Å². The van der Waals surface area contributed by atoms with Crippen LogP contribution in [0.3, 0.4) is 0 Å². The minimum absolute atomic E-state index is 0.151. The first-order valence-electron chi connectivity index (χ1n) is 12.1. The molecule has 35 heavy (non-hydrogen) atoms. The third-order valence-electron chi connectivity index (χ3n) is 6.80. The predicted octanol–water partition coefficient (Wildman–Crippen LogP) is 4.01. The molecule has 8 heteroatoms. The van der Waals surface area contributed by atoms with Gasteiger partial charge in [-0.2, -0.15) is 0 Å². The van der Waals surface area contributed by atoms with Crippen molar-refractivity contribution >= 4 is 45.6 Å². The highest BCUT2D eigenvalue weighted by atomic mass is 35.5. The molecular weight excluding hydrogens is 464 g/mol. The zero-order chi connectivity index (χ0) is 24.4. The monoisotopic (exact) mass is 492 g/mol. The highest BCUT2D eigenvalue weighted by molar-refractivity contribution is 6.39. The molecular formula is C27H29ClN4O3. The fourth-order valence-corrected chi connectivity index (χ4v) is 5.10. The number of benzene rings is 2. The summed E-state index contributed by atoms with van der Waals surface area (Å²) in [5, 5.41) is 16.6. The van der Waals surface area contributed by atoms with Crippen LogP contribution in [0.2, 0.25) is 5.02 Å². The Balaban J connectivity index is 1.39. The van der Waals surface area contributed by atoms with Crippen LogP contribution in [-0.2, 0) is 16.1 Å². The normalized spacial score (nSPS) is 17.4. The third kappa shape index (κ3) is 4.98. The molecule has 0 aliphatic carbocycles. The predicted molar refractivity (Wildman–Crippen MR) is 138 cm³/mol. The van der Waals surface area contributed by atoms with Gasteiger partial charge in [0.05, 0.1) is 22.4 Å². The Morgan fingerprint density at radius 3 is 2.49 bits per heavy atom. The van der Waals surface area contributed by atoms with Crippen molar-refractivity contribution in [2.75, 3.05) is 25.0 Å². The number of anilines is 1. The molecule has 2 aromatic carbocycles. The van der Waals surface area contributed by atoms with Gasteiger partial charge in [0.15, 0.2) is 0 Å². The van der Waals surface area contributed by atoms with Gasteiger partial charge in [-0.15, -0.1) is 0 Å². The molecule has 0 bridgehead atoms. The highest BCUT2D eigenvalue weighted by Gasteiger charge is 2.33. The Kier molecular flexibility index (Phi) is 6.90. The van der Waals surface area contributed by atoms with Crippen LogP contribution in [0.15, 0.2) is 60.4 Å². The summed E-state index contributed by atoms with van der Waals surface area (Å²) in [6.07, 6.45) is 5.58. The van der Waals surface area contributed by atoms with Crippen molar-refractivity contribution in [3.8, 4) is 0 Å². The van der Waals surface area contributed by atoms with E-state index < -0.39 is 11.8 Å². The van der Waals surface area contributed by atoms with Gasteiger partial charge >= 0.3 is 0 Å². The zero-order valence-electron chi connectivity index (χ0n) is 19.5. The Hall–Kier alpha value is -3.13. The second-order valence-electron chi connectivity index (χ2n) is 9.17. The Bertz CT molecular complexity index is 1290. The highest BCUT2D eigenvalue weighted by Crippen LogP contribution is 2.34. The molecule has 0 radical (unpaired) electrons. The van der Waals surface area contributed by atoms with E-state index in [2.05, 4.69) is 20.1 Å². The van der Waals surface area contributed by atoms with Gasteiger partial charge in [-0.3, -0.25) is 14.9 Å². The summed E-state index contributed by atoms with van der Waals surface area (Å²) in [5.41, 5.74) is 2.86. The van der Waals surface area contributed by atoms with Crippen LogP contribution in [0.4, 0.5) is 5.69 Å². The molecule has 1 saturated heterocycles. The Morgan fingerprint density at radius 2 is 1.69 bits per heavy atom. The van der Waals surface area contributed by atoms with Crippen molar-refractivity contribution < 1.29 is 14.7 Å². The average Bonchev–Trinajstić information content (AvgIpc) is 3.35. The van der Waals surface area contributed by atoms with Gasteiger partial charge in [0.1, 0.15) is 5.70 Å². The van der Waals surface area contributed by atoms with E-state index in [0.717, 1.165) is 68.3 Å². The van der Waals surface area contributed by atoms with E-state index in [-0.39, 0.29) is 11.8 Å². The molecule has 0 spiro atoms. The van der Waals surface area contributed by atoms with E-state index in [9.17, 15) is 14.7 Å². The van der Waals surface area contributed by atoms with Crippen molar-refractivity contribution in [3.63, 3.8) is 0 Å². The molecule has 2 aliphatic rings. The number of para-hydroxylation sites is 2. The van der Waals surface area contributed by atoms with Gasteiger partial charge in [-0.25, -0.2) is 0 Å². The Labute approximate surface area is 209 Å².